The van der Waals surface area contributed by atoms with E-state index in [0.29, 0.717) is 0 Å². The molecule has 4 nitrogen and oxygen atoms in total. The summed E-state index contributed by atoms with van der Waals surface area (Å²) in [6.07, 6.45) is -1.69. The van der Waals surface area contributed by atoms with Gasteiger partial charge in [0.25, 0.3) is 0 Å². The summed E-state index contributed by atoms with van der Waals surface area (Å²) in [6.45, 7) is 3.53. The highest BCUT2D eigenvalue weighted by Crippen LogP contribution is 2.50. The lowest BCUT2D eigenvalue weighted by Crippen LogP contribution is -2.09. The van der Waals surface area contributed by atoms with Gasteiger partial charge in [-0.3, -0.25) is 13.6 Å². The lowest BCUT2D eigenvalue weighted by molar-refractivity contribution is 0.0299. The van der Waals surface area contributed by atoms with Crippen LogP contribution in [0.4, 0.5) is 4.39 Å². The van der Waals surface area contributed by atoms with E-state index in [2.05, 4.69) is 20.5 Å². The third kappa shape index (κ3) is 5.75. The van der Waals surface area contributed by atoms with E-state index in [-0.39, 0.29) is 18.5 Å². The average molecular weight is 279 g/mol. The van der Waals surface area contributed by atoms with Gasteiger partial charge in [-0.25, -0.2) is 8.96 Å². The van der Waals surface area contributed by atoms with E-state index in [0.717, 1.165) is 0 Å². The molecule has 0 saturated heterocycles. The molecule has 80 valence electrons. The molecular formula is C6H13BrFO4P. The van der Waals surface area contributed by atoms with E-state index in [4.69, 9.17) is 9.05 Å². The smallest absolute Gasteiger partial charge is 0.287 e. The molecule has 0 radical (unpaired) electrons. The summed E-state index contributed by atoms with van der Waals surface area (Å²) in [6, 6.07) is 0. The van der Waals surface area contributed by atoms with Gasteiger partial charge in [0, 0.05) is 0 Å². The lowest BCUT2D eigenvalue weighted by Gasteiger charge is -2.17. The molecule has 1 atom stereocenters. The Labute approximate surface area is 85.5 Å². The van der Waals surface area contributed by atoms with E-state index in [1.807, 2.05) is 0 Å². The molecule has 0 rings (SSSR count). The minimum atomic E-state index is -3.70. The average Bonchev–Trinajstić information content (AvgIpc) is 2.04. The third-order valence-electron chi connectivity index (χ3n) is 0.939. The Morgan fingerprint density at radius 3 is 2.15 bits per heavy atom. The Bertz CT molecular complexity index is 170. The van der Waals surface area contributed by atoms with Gasteiger partial charge in [0.1, 0.15) is 0 Å². The highest BCUT2D eigenvalue weighted by atomic mass is 79.9. The summed E-state index contributed by atoms with van der Waals surface area (Å²) in [5.41, 5.74) is 0. The summed E-state index contributed by atoms with van der Waals surface area (Å²) in [5.74, 6) is 0. The van der Waals surface area contributed by atoms with Crippen molar-refractivity contribution in [3.63, 3.8) is 0 Å². The molecule has 0 aromatic carbocycles. The summed E-state index contributed by atoms with van der Waals surface area (Å²) < 4.78 is 38.0. The van der Waals surface area contributed by atoms with Crippen molar-refractivity contribution in [3.05, 3.63) is 0 Å². The van der Waals surface area contributed by atoms with Crippen molar-refractivity contribution in [2.75, 3.05) is 18.5 Å². The van der Waals surface area contributed by atoms with Gasteiger partial charge in [-0.1, -0.05) is 15.9 Å². The minimum absolute atomic E-state index is 0.0723. The molecule has 0 bridgehead atoms. The summed E-state index contributed by atoms with van der Waals surface area (Å²) in [4.78, 5) is 0. The van der Waals surface area contributed by atoms with Crippen LogP contribution in [-0.2, 0) is 18.1 Å². The van der Waals surface area contributed by atoms with Gasteiger partial charge in [-0.05, 0) is 13.8 Å². The number of alkyl halides is 2. The first-order valence-electron chi connectivity index (χ1n) is 3.85. The molecule has 0 aromatic rings. The normalized spacial score (nSPS) is 14.5. The van der Waals surface area contributed by atoms with Crippen molar-refractivity contribution in [1.29, 1.82) is 0 Å². The molecule has 7 heteroatoms. The SMILES string of the molecule is CCOP(=O)(OCC)OC(F)CBr. The highest BCUT2D eigenvalue weighted by Gasteiger charge is 2.29. The Kier molecular flexibility index (Phi) is 7.17. The van der Waals surface area contributed by atoms with Gasteiger partial charge < -0.3 is 0 Å². The zero-order chi connectivity index (χ0) is 10.3. The monoisotopic (exact) mass is 278 g/mol. The topological polar surface area (TPSA) is 44.8 Å². The van der Waals surface area contributed by atoms with Crippen molar-refractivity contribution in [2.45, 2.75) is 20.2 Å². The van der Waals surface area contributed by atoms with Gasteiger partial charge >= 0.3 is 7.82 Å². The van der Waals surface area contributed by atoms with Crippen LogP contribution in [0.3, 0.4) is 0 Å². The van der Waals surface area contributed by atoms with Crippen LogP contribution in [0.2, 0.25) is 0 Å². The van der Waals surface area contributed by atoms with E-state index in [9.17, 15) is 8.96 Å². The van der Waals surface area contributed by atoms with Crippen LogP contribution in [0.5, 0.6) is 0 Å². The molecule has 0 aliphatic rings. The fourth-order valence-electron chi connectivity index (χ4n) is 0.583. The summed E-state index contributed by atoms with van der Waals surface area (Å²) in [5, 5.41) is -0.0723. The fraction of sp³-hybridized carbons (Fsp3) is 1.00. The van der Waals surface area contributed by atoms with Gasteiger partial charge in [-0.15, -0.1) is 0 Å². The third-order valence-corrected chi connectivity index (χ3v) is 3.08. The van der Waals surface area contributed by atoms with Crippen LogP contribution in [0.1, 0.15) is 13.8 Å². The van der Waals surface area contributed by atoms with E-state index >= 15 is 0 Å². The molecular weight excluding hydrogens is 266 g/mol. The maximum atomic E-state index is 12.7. The first-order valence-corrected chi connectivity index (χ1v) is 6.43. The van der Waals surface area contributed by atoms with Crippen molar-refractivity contribution >= 4 is 23.8 Å². The van der Waals surface area contributed by atoms with Crippen molar-refractivity contribution < 1.29 is 22.5 Å². The van der Waals surface area contributed by atoms with Crippen LogP contribution in [0.15, 0.2) is 0 Å². The molecule has 0 amide bonds. The molecule has 0 N–H and O–H groups in total. The second-order valence-electron chi connectivity index (χ2n) is 1.95. The van der Waals surface area contributed by atoms with E-state index < -0.39 is 14.2 Å². The van der Waals surface area contributed by atoms with Crippen molar-refractivity contribution in [3.8, 4) is 0 Å². The van der Waals surface area contributed by atoms with E-state index in [1.165, 1.54) is 0 Å². The molecule has 0 aliphatic carbocycles. The largest absolute Gasteiger partial charge is 0.477 e. The molecule has 0 aromatic heterocycles. The van der Waals surface area contributed by atoms with E-state index in [1.54, 1.807) is 13.8 Å². The van der Waals surface area contributed by atoms with Crippen LogP contribution in [0, 0.1) is 0 Å². The Morgan fingerprint density at radius 1 is 1.38 bits per heavy atom. The number of halogens is 2. The Hall–Kier alpha value is 0.520. The molecule has 1 unspecified atom stereocenters. The number of phosphoric ester groups is 1. The van der Waals surface area contributed by atoms with Crippen LogP contribution < -0.4 is 0 Å². The minimum Gasteiger partial charge on any atom is -0.287 e. The Morgan fingerprint density at radius 2 is 1.85 bits per heavy atom. The fourth-order valence-corrected chi connectivity index (χ4v) is 2.10. The number of hydrogen-bond acceptors (Lipinski definition) is 4. The summed E-state index contributed by atoms with van der Waals surface area (Å²) in [7, 11) is -3.70. The lowest BCUT2D eigenvalue weighted by atomic mass is 10.8. The summed E-state index contributed by atoms with van der Waals surface area (Å²) >= 11 is 2.84. The highest BCUT2D eigenvalue weighted by molar-refractivity contribution is 9.09. The van der Waals surface area contributed by atoms with Gasteiger partial charge in [0.2, 0.25) is 6.36 Å². The maximum Gasteiger partial charge on any atom is 0.477 e. The zero-order valence-corrected chi connectivity index (χ0v) is 10.0. The molecule has 0 spiro atoms. The quantitative estimate of drug-likeness (QED) is 0.531. The second kappa shape index (κ2) is 6.90. The molecule has 0 heterocycles. The van der Waals surface area contributed by atoms with Gasteiger partial charge in [0.05, 0.1) is 18.5 Å². The van der Waals surface area contributed by atoms with Crippen LogP contribution in [-0.4, -0.2) is 24.9 Å². The predicted octanol–water partition coefficient (Wildman–Crippen LogP) is 2.87. The van der Waals surface area contributed by atoms with Crippen LogP contribution >= 0.6 is 23.8 Å². The number of hydrogen-bond donors (Lipinski definition) is 0. The maximum absolute atomic E-state index is 12.7. The standard InChI is InChI=1S/C6H13BrFO4P/c1-3-10-13(9,11-4-2)12-6(8)5-7/h6H,3-5H2,1-2H3. The molecule has 0 aliphatic heterocycles. The molecule has 0 saturated carbocycles. The van der Waals surface area contributed by atoms with Gasteiger partial charge in [-0.2, -0.15) is 0 Å². The van der Waals surface area contributed by atoms with Crippen LogP contribution in [0.25, 0.3) is 0 Å². The number of phosphoric acid groups is 1. The zero-order valence-electron chi connectivity index (χ0n) is 7.53. The first kappa shape index (κ1) is 13.5. The second-order valence-corrected chi connectivity index (χ2v) is 4.22. The first-order chi connectivity index (χ1) is 6.08. The van der Waals surface area contributed by atoms with Crippen molar-refractivity contribution in [1.82, 2.24) is 0 Å². The predicted molar refractivity (Wildman–Crippen MR) is 50.6 cm³/mol. The molecule has 0 fully saturated rings. The Balaban J connectivity index is 4.14. The number of rotatable bonds is 7. The van der Waals surface area contributed by atoms with Crippen molar-refractivity contribution in [2.24, 2.45) is 0 Å². The van der Waals surface area contributed by atoms with Gasteiger partial charge in [0.15, 0.2) is 0 Å². The molecule has 13 heavy (non-hydrogen) atoms.